The highest BCUT2D eigenvalue weighted by Gasteiger charge is 2.13. The van der Waals surface area contributed by atoms with Gasteiger partial charge in [0.15, 0.2) is 0 Å². The van der Waals surface area contributed by atoms with Crippen LogP contribution in [0.3, 0.4) is 0 Å². The fourth-order valence-electron chi connectivity index (χ4n) is 1.44. The molecule has 0 atom stereocenters. The molecule has 0 amide bonds. The highest BCUT2D eigenvalue weighted by Crippen LogP contribution is 2.21. The van der Waals surface area contributed by atoms with Crippen molar-refractivity contribution in [1.82, 2.24) is 4.98 Å². The summed E-state index contributed by atoms with van der Waals surface area (Å²) in [6.45, 7) is 2.14. The van der Waals surface area contributed by atoms with Crippen molar-refractivity contribution < 1.29 is 9.53 Å². The van der Waals surface area contributed by atoms with Crippen LogP contribution in [0.15, 0.2) is 34.9 Å². The number of fused-ring (bicyclic) bond motifs is 1. The third kappa shape index (κ3) is 2.07. The Kier molecular flexibility index (Phi) is 3.19. The van der Waals surface area contributed by atoms with Crippen LogP contribution in [0.5, 0.6) is 0 Å². The summed E-state index contributed by atoms with van der Waals surface area (Å²) in [5.41, 5.74) is 1.31. The lowest BCUT2D eigenvalue weighted by Gasteiger charge is -2.05. The van der Waals surface area contributed by atoms with Crippen LogP contribution in [0.25, 0.3) is 10.9 Å². The predicted molar refractivity (Wildman–Crippen MR) is 65.4 cm³/mol. The zero-order valence-electron chi connectivity index (χ0n) is 8.74. The monoisotopic (exact) mass is 279 g/mol. The summed E-state index contributed by atoms with van der Waals surface area (Å²) in [6, 6.07) is 9.41. The number of nitrogens with zero attached hydrogens (tertiary/aromatic N) is 1. The molecular weight excluding hydrogens is 270 g/mol. The molecule has 0 saturated carbocycles. The van der Waals surface area contributed by atoms with E-state index in [4.69, 9.17) is 4.74 Å². The molecule has 0 radical (unpaired) electrons. The van der Waals surface area contributed by atoms with Crippen LogP contribution in [0.4, 0.5) is 0 Å². The number of esters is 1. The maximum absolute atomic E-state index is 11.6. The first kappa shape index (κ1) is 11.1. The zero-order valence-corrected chi connectivity index (χ0v) is 10.3. The van der Waals surface area contributed by atoms with Crippen LogP contribution >= 0.6 is 15.9 Å². The summed E-state index contributed by atoms with van der Waals surface area (Å²) in [7, 11) is 0. The molecule has 0 N–H and O–H groups in total. The number of aromatic nitrogens is 1. The SMILES string of the molecule is CCOC(=O)c1cc2ccccc2nc1Br. The number of pyridine rings is 1. The first-order valence-corrected chi connectivity index (χ1v) is 5.74. The van der Waals surface area contributed by atoms with Gasteiger partial charge >= 0.3 is 5.97 Å². The van der Waals surface area contributed by atoms with Gasteiger partial charge in [-0.1, -0.05) is 18.2 Å². The van der Waals surface area contributed by atoms with Crippen LogP contribution in [0.1, 0.15) is 17.3 Å². The van der Waals surface area contributed by atoms with Crippen molar-refractivity contribution >= 4 is 32.8 Å². The number of hydrogen-bond acceptors (Lipinski definition) is 3. The van der Waals surface area contributed by atoms with E-state index in [2.05, 4.69) is 20.9 Å². The lowest BCUT2D eigenvalue weighted by atomic mass is 10.1. The molecule has 0 bridgehead atoms. The number of rotatable bonds is 2. The molecule has 1 heterocycles. The third-order valence-electron chi connectivity index (χ3n) is 2.17. The van der Waals surface area contributed by atoms with Crippen molar-refractivity contribution in [3.05, 3.63) is 40.5 Å². The van der Waals surface area contributed by atoms with E-state index in [-0.39, 0.29) is 5.97 Å². The fraction of sp³-hybridized carbons (Fsp3) is 0.167. The van der Waals surface area contributed by atoms with E-state index in [9.17, 15) is 4.79 Å². The van der Waals surface area contributed by atoms with Gasteiger partial charge < -0.3 is 4.74 Å². The number of ether oxygens (including phenoxy) is 1. The highest BCUT2D eigenvalue weighted by molar-refractivity contribution is 9.10. The number of carbonyl (C=O) groups excluding carboxylic acids is 1. The van der Waals surface area contributed by atoms with Crippen LogP contribution in [0.2, 0.25) is 0 Å². The first-order chi connectivity index (χ1) is 7.72. The van der Waals surface area contributed by atoms with Crippen molar-refractivity contribution in [3.8, 4) is 0 Å². The molecule has 0 aliphatic rings. The summed E-state index contributed by atoms with van der Waals surface area (Å²) in [6.07, 6.45) is 0. The van der Waals surface area contributed by atoms with Gasteiger partial charge in [-0.2, -0.15) is 0 Å². The van der Waals surface area contributed by atoms with Gasteiger partial charge in [-0.15, -0.1) is 0 Å². The molecule has 0 fully saturated rings. The van der Waals surface area contributed by atoms with E-state index in [1.54, 1.807) is 13.0 Å². The Hall–Kier alpha value is -1.42. The number of carbonyl (C=O) groups is 1. The average molecular weight is 280 g/mol. The minimum absolute atomic E-state index is 0.354. The van der Waals surface area contributed by atoms with Crippen molar-refractivity contribution in [3.63, 3.8) is 0 Å². The van der Waals surface area contributed by atoms with Crippen LogP contribution in [0, 0.1) is 0 Å². The van der Waals surface area contributed by atoms with Crippen molar-refractivity contribution in [2.75, 3.05) is 6.61 Å². The van der Waals surface area contributed by atoms with E-state index in [1.165, 1.54) is 0 Å². The molecule has 1 aromatic heterocycles. The molecule has 2 rings (SSSR count). The van der Waals surface area contributed by atoms with Crippen LogP contribution in [-0.2, 0) is 4.74 Å². The number of para-hydroxylation sites is 1. The van der Waals surface area contributed by atoms with Crippen LogP contribution < -0.4 is 0 Å². The number of hydrogen-bond donors (Lipinski definition) is 0. The maximum atomic E-state index is 11.6. The van der Waals surface area contributed by atoms with Gasteiger partial charge in [0.2, 0.25) is 0 Å². The Labute approximate surface area is 102 Å². The van der Waals surface area contributed by atoms with Crippen molar-refractivity contribution in [2.24, 2.45) is 0 Å². The van der Waals surface area contributed by atoms with Crippen molar-refractivity contribution in [2.45, 2.75) is 6.92 Å². The minimum Gasteiger partial charge on any atom is -0.462 e. The summed E-state index contributed by atoms with van der Waals surface area (Å²) in [5, 5.41) is 0.925. The van der Waals surface area contributed by atoms with E-state index in [1.807, 2.05) is 24.3 Å². The fourth-order valence-corrected chi connectivity index (χ4v) is 1.91. The average Bonchev–Trinajstić information content (AvgIpc) is 2.28. The van der Waals surface area contributed by atoms with Gasteiger partial charge in [0.05, 0.1) is 17.7 Å². The Morgan fingerprint density at radius 1 is 1.44 bits per heavy atom. The molecule has 0 spiro atoms. The Morgan fingerprint density at radius 3 is 2.94 bits per heavy atom. The number of halogens is 1. The summed E-state index contributed by atoms with van der Waals surface area (Å²) < 4.78 is 5.47. The van der Waals surface area contributed by atoms with E-state index >= 15 is 0 Å². The first-order valence-electron chi connectivity index (χ1n) is 4.94. The Balaban J connectivity index is 2.54. The van der Waals surface area contributed by atoms with E-state index < -0.39 is 0 Å². The second kappa shape index (κ2) is 4.61. The molecular formula is C12H10BrNO2. The molecule has 16 heavy (non-hydrogen) atoms. The summed E-state index contributed by atoms with van der Waals surface area (Å²) in [5.74, 6) is -0.354. The van der Waals surface area contributed by atoms with Gasteiger partial charge in [-0.25, -0.2) is 9.78 Å². The van der Waals surface area contributed by atoms with Gasteiger partial charge in [0, 0.05) is 5.39 Å². The van der Waals surface area contributed by atoms with Crippen molar-refractivity contribution in [1.29, 1.82) is 0 Å². The minimum atomic E-state index is -0.354. The predicted octanol–water partition coefficient (Wildman–Crippen LogP) is 3.17. The molecule has 1 aromatic carbocycles. The van der Waals surface area contributed by atoms with Gasteiger partial charge in [0.25, 0.3) is 0 Å². The largest absolute Gasteiger partial charge is 0.462 e. The molecule has 2 aromatic rings. The second-order valence-electron chi connectivity index (χ2n) is 3.24. The molecule has 4 heteroatoms. The van der Waals surface area contributed by atoms with Crippen LogP contribution in [-0.4, -0.2) is 17.6 Å². The molecule has 0 saturated heterocycles. The standard InChI is InChI=1S/C12H10BrNO2/c1-2-16-12(15)9-7-8-5-3-4-6-10(8)14-11(9)13/h3-7H,2H2,1H3. The quantitative estimate of drug-likeness (QED) is 0.626. The van der Waals surface area contributed by atoms with Gasteiger partial charge in [-0.3, -0.25) is 0 Å². The smallest absolute Gasteiger partial charge is 0.340 e. The maximum Gasteiger partial charge on any atom is 0.340 e. The molecule has 3 nitrogen and oxygen atoms in total. The number of benzene rings is 1. The second-order valence-corrected chi connectivity index (χ2v) is 3.99. The normalized spacial score (nSPS) is 10.4. The topological polar surface area (TPSA) is 39.2 Å². The molecule has 0 aliphatic heterocycles. The third-order valence-corrected chi connectivity index (χ3v) is 2.78. The Morgan fingerprint density at radius 2 is 2.19 bits per heavy atom. The van der Waals surface area contributed by atoms with Gasteiger partial charge in [-0.05, 0) is 35.0 Å². The van der Waals surface area contributed by atoms with E-state index in [0.717, 1.165) is 10.9 Å². The summed E-state index contributed by atoms with van der Waals surface area (Å²) >= 11 is 3.28. The Bertz CT molecular complexity index is 540. The highest BCUT2D eigenvalue weighted by atomic mass is 79.9. The van der Waals surface area contributed by atoms with E-state index in [0.29, 0.717) is 16.8 Å². The molecule has 0 aliphatic carbocycles. The zero-order chi connectivity index (χ0) is 11.5. The lowest BCUT2D eigenvalue weighted by Crippen LogP contribution is -2.06. The molecule has 0 unspecified atom stereocenters. The lowest BCUT2D eigenvalue weighted by molar-refractivity contribution is 0.0525. The summed E-state index contributed by atoms with van der Waals surface area (Å²) in [4.78, 5) is 15.9. The molecule has 82 valence electrons. The van der Waals surface area contributed by atoms with Gasteiger partial charge in [0.1, 0.15) is 4.60 Å².